The summed E-state index contributed by atoms with van der Waals surface area (Å²) in [6.07, 6.45) is 0. The van der Waals surface area contributed by atoms with E-state index in [-0.39, 0.29) is 5.92 Å². The number of hydrogen-bond acceptors (Lipinski definition) is 1. The minimum absolute atomic E-state index is 0.102. The van der Waals surface area contributed by atoms with Gasteiger partial charge in [0.1, 0.15) is 0 Å². The monoisotopic (exact) mass is 948 g/mol. The maximum absolute atomic E-state index is 2.44. The van der Waals surface area contributed by atoms with E-state index in [2.05, 4.69) is 287 Å². The summed E-state index contributed by atoms with van der Waals surface area (Å²) in [5, 5.41) is 2.49. The molecule has 0 spiro atoms. The van der Waals surface area contributed by atoms with E-state index in [9.17, 15) is 0 Å². The summed E-state index contributed by atoms with van der Waals surface area (Å²) in [7, 11) is 0. The number of rotatable bonds is 9. The van der Waals surface area contributed by atoms with Gasteiger partial charge in [0.2, 0.25) is 0 Å². The lowest BCUT2D eigenvalue weighted by Gasteiger charge is -2.26. The van der Waals surface area contributed by atoms with Crippen LogP contribution in [0.4, 0.5) is 17.1 Å². The van der Waals surface area contributed by atoms with Gasteiger partial charge in [0.25, 0.3) is 0 Å². The Balaban J connectivity index is 0.900. The molecule has 0 saturated heterocycles. The minimum atomic E-state index is 0.102. The molecule has 1 aromatic heterocycles. The van der Waals surface area contributed by atoms with Crippen molar-refractivity contribution >= 4 is 38.9 Å². The lowest BCUT2D eigenvalue weighted by molar-refractivity contribution is 1.01. The lowest BCUT2D eigenvalue weighted by atomic mass is 9.88. The minimum Gasteiger partial charge on any atom is -0.311 e. The molecule has 0 unspecified atom stereocenters. The fourth-order valence-electron chi connectivity index (χ4n) is 11.9. The van der Waals surface area contributed by atoms with Crippen molar-refractivity contribution in [2.24, 2.45) is 0 Å². The number of fused-ring (bicyclic) bond motifs is 6. The first-order valence-corrected chi connectivity index (χ1v) is 25.9. The molecule has 354 valence electrons. The van der Waals surface area contributed by atoms with Crippen molar-refractivity contribution in [3.8, 4) is 61.3 Å². The molecule has 2 nitrogen and oxygen atoms in total. The average molecular weight is 949 g/mol. The fraction of sp³-hybridized carbons (Fsp3) is 0.0833. The second-order valence-corrected chi connectivity index (χ2v) is 20.4. The van der Waals surface area contributed by atoms with E-state index in [0.29, 0.717) is 0 Å². The highest BCUT2D eigenvalue weighted by atomic mass is 15.1. The predicted molar refractivity (Wildman–Crippen MR) is 314 cm³/mol. The van der Waals surface area contributed by atoms with Gasteiger partial charge < -0.3 is 9.47 Å². The van der Waals surface area contributed by atoms with Crippen LogP contribution < -0.4 is 4.90 Å². The van der Waals surface area contributed by atoms with Gasteiger partial charge in [0.15, 0.2) is 0 Å². The zero-order valence-electron chi connectivity index (χ0n) is 42.6. The molecule has 0 radical (unpaired) electrons. The Bertz CT molecular complexity index is 3920. The molecule has 1 aliphatic rings. The predicted octanol–water partition coefficient (Wildman–Crippen LogP) is 19.6. The van der Waals surface area contributed by atoms with E-state index in [0.717, 1.165) is 22.7 Å². The molecule has 1 aliphatic carbocycles. The van der Waals surface area contributed by atoms with Gasteiger partial charge in [-0.1, -0.05) is 163 Å². The summed E-state index contributed by atoms with van der Waals surface area (Å²) in [5.41, 5.74) is 29.8. The summed E-state index contributed by atoms with van der Waals surface area (Å²) in [4.78, 5) is 2.39. The average Bonchev–Trinajstić information content (AvgIpc) is 3.93. The smallest absolute Gasteiger partial charge is 0.0541 e. The van der Waals surface area contributed by atoms with Crippen LogP contribution in [0.15, 0.2) is 243 Å². The number of nitrogens with zero attached hydrogens (tertiary/aromatic N) is 2. The summed E-state index contributed by atoms with van der Waals surface area (Å²) in [6, 6.07) is 90.5. The Kier molecular flexibility index (Phi) is 11.1. The fourth-order valence-corrected chi connectivity index (χ4v) is 11.9. The van der Waals surface area contributed by atoms with Crippen molar-refractivity contribution < 1.29 is 0 Å². The maximum atomic E-state index is 2.44. The van der Waals surface area contributed by atoms with E-state index in [1.807, 2.05) is 0 Å². The number of aromatic nitrogens is 1. The molecule has 0 fully saturated rings. The third-order valence-corrected chi connectivity index (χ3v) is 15.8. The second-order valence-electron chi connectivity index (χ2n) is 20.4. The molecule has 13 rings (SSSR count). The number of aryl methyl sites for hydroxylation is 5. The van der Waals surface area contributed by atoms with Gasteiger partial charge in [-0.15, -0.1) is 0 Å². The number of anilines is 3. The Morgan fingerprint density at radius 3 is 1.07 bits per heavy atom. The normalized spacial score (nSPS) is 12.1. The number of hydrogen-bond donors (Lipinski definition) is 0. The third kappa shape index (κ3) is 7.74. The zero-order valence-corrected chi connectivity index (χ0v) is 42.6. The van der Waals surface area contributed by atoms with Crippen molar-refractivity contribution in [2.45, 2.75) is 40.5 Å². The van der Waals surface area contributed by atoms with Crippen molar-refractivity contribution in [3.05, 3.63) is 287 Å². The summed E-state index contributed by atoms with van der Waals surface area (Å²) in [5.74, 6) is 0.102. The SMILES string of the molecule is Cc1ccc(N(c2ccc(C3c4ccc(-c5ccccc5C)cc4-c4cc(-c5ccccc5C)ccc43)cc2)c2ccc(-n3c4ccc(-c5ccccc5C)cc4c4cc(-c5ccccc5C)ccc43)cc2)cc1. The highest BCUT2D eigenvalue weighted by Crippen LogP contribution is 2.51. The first kappa shape index (κ1) is 44.9. The summed E-state index contributed by atoms with van der Waals surface area (Å²) >= 11 is 0. The molecule has 0 N–H and O–H groups in total. The van der Waals surface area contributed by atoms with Crippen LogP contribution in [-0.4, -0.2) is 4.57 Å². The van der Waals surface area contributed by atoms with E-state index >= 15 is 0 Å². The first-order chi connectivity index (χ1) is 36.3. The molecule has 0 amide bonds. The Labute approximate surface area is 435 Å². The van der Waals surface area contributed by atoms with Crippen LogP contribution >= 0.6 is 0 Å². The molecule has 12 aromatic rings. The van der Waals surface area contributed by atoms with Gasteiger partial charge in [-0.05, 0) is 214 Å². The van der Waals surface area contributed by atoms with Gasteiger partial charge in [0.05, 0.1) is 11.0 Å². The van der Waals surface area contributed by atoms with Crippen LogP contribution in [0.25, 0.3) is 83.1 Å². The van der Waals surface area contributed by atoms with Crippen LogP contribution in [0.5, 0.6) is 0 Å². The van der Waals surface area contributed by atoms with Crippen molar-refractivity contribution in [1.82, 2.24) is 4.57 Å². The highest BCUT2D eigenvalue weighted by Gasteiger charge is 2.31. The zero-order chi connectivity index (χ0) is 50.0. The quantitative estimate of drug-likeness (QED) is 0.140. The number of benzene rings is 11. The Morgan fingerprint density at radius 2 is 0.662 bits per heavy atom. The van der Waals surface area contributed by atoms with Crippen LogP contribution in [0.2, 0.25) is 0 Å². The van der Waals surface area contributed by atoms with Crippen molar-refractivity contribution in [3.63, 3.8) is 0 Å². The second kappa shape index (κ2) is 18.3. The van der Waals surface area contributed by atoms with Gasteiger partial charge >= 0.3 is 0 Å². The molecular formula is C72H56N2. The molecule has 0 saturated carbocycles. The highest BCUT2D eigenvalue weighted by molar-refractivity contribution is 6.12. The standard InChI is InChI=1S/C72H56N2/c1-46-22-30-56(31-23-46)73(57-32-24-51(25-33-57)72-64-38-26-52(60-18-10-6-14-47(60)2)42-66(64)67-43-53(27-39-65(67)72)61-19-11-7-15-48(61)3)58-34-36-59(37-35-58)74-70-40-28-54(62-20-12-8-16-49(62)4)44-68(70)69-45-55(29-41-71(69)74)63-21-13-9-17-50(63)5/h6-45,72H,1-5H3. The van der Waals surface area contributed by atoms with E-state index < -0.39 is 0 Å². The van der Waals surface area contributed by atoms with E-state index in [4.69, 9.17) is 0 Å². The molecule has 74 heavy (non-hydrogen) atoms. The van der Waals surface area contributed by atoms with E-state index in [1.54, 1.807) is 0 Å². The third-order valence-electron chi connectivity index (χ3n) is 15.8. The molecule has 2 heteroatoms. The molecule has 0 atom stereocenters. The van der Waals surface area contributed by atoms with Crippen LogP contribution in [0, 0.1) is 34.6 Å². The molecule has 0 aliphatic heterocycles. The molecule has 1 heterocycles. The summed E-state index contributed by atoms with van der Waals surface area (Å²) < 4.78 is 2.44. The lowest BCUT2D eigenvalue weighted by Crippen LogP contribution is -2.10. The maximum Gasteiger partial charge on any atom is 0.0541 e. The molecule has 0 bridgehead atoms. The van der Waals surface area contributed by atoms with Crippen LogP contribution in [0.3, 0.4) is 0 Å². The van der Waals surface area contributed by atoms with Gasteiger partial charge in [0, 0.05) is 39.4 Å². The van der Waals surface area contributed by atoms with Gasteiger partial charge in [-0.3, -0.25) is 0 Å². The van der Waals surface area contributed by atoms with Gasteiger partial charge in [-0.25, -0.2) is 0 Å². The summed E-state index contributed by atoms with van der Waals surface area (Å²) in [6.45, 7) is 11.0. The van der Waals surface area contributed by atoms with Gasteiger partial charge in [-0.2, -0.15) is 0 Å². The van der Waals surface area contributed by atoms with Crippen LogP contribution in [0.1, 0.15) is 50.4 Å². The van der Waals surface area contributed by atoms with E-state index in [1.165, 1.54) is 122 Å². The Hall–Kier alpha value is -8.98. The topological polar surface area (TPSA) is 8.17 Å². The molecule has 11 aromatic carbocycles. The van der Waals surface area contributed by atoms with Crippen LogP contribution in [-0.2, 0) is 0 Å². The first-order valence-electron chi connectivity index (χ1n) is 25.9. The van der Waals surface area contributed by atoms with Crippen molar-refractivity contribution in [1.29, 1.82) is 0 Å². The largest absolute Gasteiger partial charge is 0.311 e. The van der Waals surface area contributed by atoms with Crippen molar-refractivity contribution in [2.75, 3.05) is 4.90 Å². The Morgan fingerprint density at radius 1 is 0.311 bits per heavy atom. The molecular weight excluding hydrogens is 893 g/mol.